The monoisotopic (exact) mass is 248 g/mol. The maximum Gasteiger partial charge on any atom is 0.323 e. The van der Waals surface area contributed by atoms with Crippen molar-refractivity contribution in [1.82, 2.24) is 10.2 Å². The number of hydrogen-bond donors (Lipinski definition) is 2. The van der Waals surface area contributed by atoms with Crippen molar-refractivity contribution in [3.05, 3.63) is 0 Å². The molecule has 0 aromatic rings. The van der Waals surface area contributed by atoms with Gasteiger partial charge in [-0.15, -0.1) is 0 Å². The van der Waals surface area contributed by atoms with Gasteiger partial charge >= 0.3 is 5.97 Å². The van der Waals surface area contributed by atoms with Gasteiger partial charge < -0.3 is 20.1 Å². The van der Waals surface area contributed by atoms with Crippen molar-refractivity contribution in [2.24, 2.45) is 0 Å². The van der Waals surface area contributed by atoms with Crippen molar-refractivity contribution in [2.75, 3.05) is 51.4 Å². The minimum absolute atomic E-state index is 0.213. The van der Waals surface area contributed by atoms with E-state index in [1.54, 1.807) is 0 Å². The number of aliphatic carboxylic acids is 1. The molecule has 0 bridgehead atoms. The van der Waals surface area contributed by atoms with Crippen LogP contribution in [0.2, 0.25) is 0 Å². The van der Waals surface area contributed by atoms with Gasteiger partial charge in [0.15, 0.2) is 0 Å². The van der Waals surface area contributed by atoms with E-state index in [9.17, 15) is 4.79 Å². The second-order valence-corrected chi connectivity index (χ2v) is 4.98. The topological polar surface area (TPSA) is 61.8 Å². The molecule has 1 saturated heterocycles. The van der Waals surface area contributed by atoms with Gasteiger partial charge in [0.2, 0.25) is 0 Å². The molecule has 0 amide bonds. The van der Waals surface area contributed by atoms with Gasteiger partial charge in [0.25, 0.3) is 0 Å². The Morgan fingerprint density at radius 1 is 1.56 bits per heavy atom. The Bertz CT molecular complexity index is 210. The molecule has 94 valence electrons. The van der Waals surface area contributed by atoms with Crippen LogP contribution >= 0.6 is 11.8 Å². The average Bonchev–Trinajstić information content (AvgIpc) is 2.29. The van der Waals surface area contributed by atoms with Gasteiger partial charge in [-0.1, -0.05) is 0 Å². The minimum atomic E-state index is -0.851. The summed E-state index contributed by atoms with van der Waals surface area (Å²) in [5, 5.41) is 11.9. The maximum absolute atomic E-state index is 10.8. The molecule has 5 nitrogen and oxygen atoms in total. The number of carbonyl (C=O) groups is 1. The van der Waals surface area contributed by atoms with Crippen molar-refractivity contribution in [3.63, 3.8) is 0 Å². The lowest BCUT2D eigenvalue weighted by atomic mass is 10.3. The first-order valence-corrected chi connectivity index (χ1v) is 6.64. The Morgan fingerprint density at radius 3 is 2.81 bits per heavy atom. The van der Waals surface area contributed by atoms with E-state index in [-0.39, 0.29) is 6.61 Å². The summed E-state index contributed by atoms with van der Waals surface area (Å²) in [4.78, 5) is 13.2. The first kappa shape index (κ1) is 13.8. The molecule has 0 saturated carbocycles. The third kappa shape index (κ3) is 5.16. The standard InChI is InChI=1S/C10H20N2O3S/c1-15-8-9(10(13)14)11-2-3-12-4-6-16-7-5-12/h9,11H,2-8H2,1H3,(H,13,14). The van der Waals surface area contributed by atoms with E-state index in [0.29, 0.717) is 6.54 Å². The summed E-state index contributed by atoms with van der Waals surface area (Å²) in [6.45, 7) is 4.03. The molecule has 6 heteroatoms. The highest BCUT2D eigenvalue weighted by Gasteiger charge is 2.16. The number of hydrogen-bond acceptors (Lipinski definition) is 5. The molecule has 0 aromatic heterocycles. The van der Waals surface area contributed by atoms with Crippen molar-refractivity contribution < 1.29 is 14.6 Å². The van der Waals surface area contributed by atoms with Gasteiger partial charge in [0, 0.05) is 44.8 Å². The Hall–Kier alpha value is -0.300. The second kappa shape index (κ2) is 7.89. The van der Waals surface area contributed by atoms with E-state index < -0.39 is 12.0 Å². The fourth-order valence-electron chi connectivity index (χ4n) is 1.61. The third-order valence-electron chi connectivity index (χ3n) is 2.55. The summed E-state index contributed by atoms with van der Waals surface area (Å²) in [7, 11) is 1.51. The summed E-state index contributed by atoms with van der Waals surface area (Å²) in [6.07, 6.45) is 0. The lowest BCUT2D eigenvalue weighted by Gasteiger charge is -2.26. The predicted molar refractivity (Wildman–Crippen MR) is 65.1 cm³/mol. The van der Waals surface area contributed by atoms with E-state index in [1.807, 2.05) is 11.8 Å². The maximum atomic E-state index is 10.8. The first-order valence-electron chi connectivity index (χ1n) is 5.49. The summed E-state index contributed by atoms with van der Waals surface area (Å²) >= 11 is 1.98. The van der Waals surface area contributed by atoms with Gasteiger partial charge in [-0.3, -0.25) is 4.79 Å². The summed E-state index contributed by atoms with van der Waals surface area (Å²) in [6, 6.07) is -0.593. The normalized spacial score (nSPS) is 19.6. The number of ether oxygens (including phenoxy) is 1. The van der Waals surface area contributed by atoms with Gasteiger partial charge in [-0.25, -0.2) is 0 Å². The average molecular weight is 248 g/mol. The molecule has 1 rings (SSSR count). The molecular weight excluding hydrogens is 228 g/mol. The van der Waals surface area contributed by atoms with Gasteiger partial charge in [0.1, 0.15) is 6.04 Å². The van der Waals surface area contributed by atoms with E-state index in [0.717, 1.165) is 19.6 Å². The molecule has 1 fully saturated rings. The highest BCUT2D eigenvalue weighted by atomic mass is 32.2. The number of methoxy groups -OCH3 is 1. The Balaban J connectivity index is 2.13. The van der Waals surface area contributed by atoms with E-state index >= 15 is 0 Å². The van der Waals surface area contributed by atoms with E-state index in [1.165, 1.54) is 18.6 Å². The quantitative estimate of drug-likeness (QED) is 0.646. The summed E-state index contributed by atoms with van der Waals surface area (Å²) in [5.74, 6) is 1.51. The lowest BCUT2D eigenvalue weighted by molar-refractivity contribution is -0.140. The molecule has 1 unspecified atom stereocenters. The number of rotatable bonds is 7. The lowest BCUT2D eigenvalue weighted by Crippen LogP contribution is -2.45. The molecule has 0 spiro atoms. The predicted octanol–water partition coefficient (Wildman–Crippen LogP) is -0.276. The van der Waals surface area contributed by atoms with Crippen LogP contribution in [-0.2, 0) is 9.53 Å². The molecule has 16 heavy (non-hydrogen) atoms. The van der Waals surface area contributed by atoms with Crippen LogP contribution in [0.1, 0.15) is 0 Å². The molecule has 1 atom stereocenters. The molecule has 0 aliphatic carbocycles. The van der Waals surface area contributed by atoms with Crippen molar-refractivity contribution in [2.45, 2.75) is 6.04 Å². The number of nitrogens with zero attached hydrogens (tertiary/aromatic N) is 1. The molecule has 0 aromatic carbocycles. The molecule has 1 aliphatic rings. The van der Waals surface area contributed by atoms with Crippen LogP contribution in [0.25, 0.3) is 0 Å². The van der Waals surface area contributed by atoms with Crippen molar-refractivity contribution in [3.8, 4) is 0 Å². The number of thioether (sulfide) groups is 1. The van der Waals surface area contributed by atoms with Crippen LogP contribution in [0.15, 0.2) is 0 Å². The van der Waals surface area contributed by atoms with Crippen LogP contribution in [0.3, 0.4) is 0 Å². The Morgan fingerprint density at radius 2 is 2.25 bits per heavy atom. The smallest absolute Gasteiger partial charge is 0.323 e. The highest BCUT2D eigenvalue weighted by molar-refractivity contribution is 7.99. The number of carboxylic acids is 1. The highest BCUT2D eigenvalue weighted by Crippen LogP contribution is 2.07. The van der Waals surface area contributed by atoms with Gasteiger partial charge in [0.05, 0.1) is 6.61 Å². The van der Waals surface area contributed by atoms with Crippen LogP contribution in [-0.4, -0.2) is 73.4 Å². The van der Waals surface area contributed by atoms with Crippen molar-refractivity contribution in [1.29, 1.82) is 0 Å². The summed E-state index contributed by atoms with van der Waals surface area (Å²) < 4.78 is 4.85. The molecule has 0 radical (unpaired) electrons. The zero-order chi connectivity index (χ0) is 11.8. The van der Waals surface area contributed by atoms with Gasteiger partial charge in [-0.05, 0) is 0 Å². The fraction of sp³-hybridized carbons (Fsp3) is 0.900. The number of nitrogens with one attached hydrogen (secondary N) is 1. The first-order chi connectivity index (χ1) is 7.74. The van der Waals surface area contributed by atoms with Crippen molar-refractivity contribution >= 4 is 17.7 Å². The molecule has 1 aliphatic heterocycles. The second-order valence-electron chi connectivity index (χ2n) is 3.75. The minimum Gasteiger partial charge on any atom is -0.480 e. The van der Waals surface area contributed by atoms with Gasteiger partial charge in [-0.2, -0.15) is 11.8 Å². The van der Waals surface area contributed by atoms with E-state index in [4.69, 9.17) is 9.84 Å². The molecular formula is C10H20N2O3S. The van der Waals surface area contributed by atoms with Crippen LogP contribution < -0.4 is 5.32 Å². The largest absolute Gasteiger partial charge is 0.480 e. The van der Waals surface area contributed by atoms with Crippen LogP contribution in [0.4, 0.5) is 0 Å². The third-order valence-corrected chi connectivity index (χ3v) is 3.50. The Kier molecular flexibility index (Phi) is 6.79. The van der Waals surface area contributed by atoms with Crippen LogP contribution in [0.5, 0.6) is 0 Å². The summed E-state index contributed by atoms with van der Waals surface area (Å²) in [5.41, 5.74) is 0. The zero-order valence-corrected chi connectivity index (χ0v) is 10.5. The Labute approximate surface area is 101 Å². The van der Waals surface area contributed by atoms with Crippen LogP contribution in [0, 0.1) is 0 Å². The van der Waals surface area contributed by atoms with E-state index in [2.05, 4.69) is 10.2 Å². The molecule has 1 heterocycles. The fourth-order valence-corrected chi connectivity index (χ4v) is 2.58. The molecule has 2 N–H and O–H groups in total. The SMILES string of the molecule is COCC(NCCN1CCSCC1)C(=O)O. The number of carboxylic acid groups (broad SMARTS) is 1. The zero-order valence-electron chi connectivity index (χ0n) is 9.65.